The summed E-state index contributed by atoms with van der Waals surface area (Å²) in [6, 6.07) is 15.4. The molecule has 0 fully saturated rings. The van der Waals surface area contributed by atoms with Crippen molar-refractivity contribution >= 4 is 31.9 Å². The molecule has 0 spiro atoms. The van der Waals surface area contributed by atoms with Crippen molar-refractivity contribution in [3.63, 3.8) is 0 Å². The standard InChI is InChI=1S/C23H27BrN4O4S/c1-17(2)22(23(29)32-3)28(33(30,31)21-12-8-7-11-20(21)24)14-13-19-16-27(26-25-19)15-18-9-5-4-6-10-18/h4-12,16-17,22H,13-15H2,1-3H3/t22-/m0/s1. The molecule has 1 aromatic heterocycles. The minimum atomic E-state index is -4.01. The van der Waals surface area contributed by atoms with Crippen LogP contribution in [0.4, 0.5) is 0 Å². The number of esters is 1. The molecule has 0 aliphatic rings. The van der Waals surface area contributed by atoms with E-state index in [0.29, 0.717) is 23.1 Å². The van der Waals surface area contributed by atoms with E-state index in [1.165, 1.54) is 17.5 Å². The van der Waals surface area contributed by atoms with Gasteiger partial charge in [0.15, 0.2) is 0 Å². The van der Waals surface area contributed by atoms with Gasteiger partial charge in [-0.05, 0) is 39.5 Å². The molecule has 2 aromatic carbocycles. The molecule has 1 heterocycles. The van der Waals surface area contributed by atoms with E-state index < -0.39 is 22.0 Å². The van der Waals surface area contributed by atoms with Crippen molar-refractivity contribution in [1.29, 1.82) is 0 Å². The van der Waals surface area contributed by atoms with Crippen LogP contribution in [0.5, 0.6) is 0 Å². The molecule has 0 amide bonds. The molecule has 0 radical (unpaired) electrons. The SMILES string of the molecule is COC(=O)[C@H](C(C)C)N(CCc1cn(Cc2ccccc2)nn1)S(=O)(=O)c1ccccc1Br. The quantitative estimate of drug-likeness (QED) is 0.369. The summed E-state index contributed by atoms with van der Waals surface area (Å²) < 4.78 is 35.6. The third-order valence-corrected chi connectivity index (χ3v) is 8.06. The van der Waals surface area contributed by atoms with Crippen LogP contribution in [0.2, 0.25) is 0 Å². The molecular weight excluding hydrogens is 508 g/mol. The number of methoxy groups -OCH3 is 1. The number of hydrogen-bond acceptors (Lipinski definition) is 6. The Morgan fingerprint density at radius 3 is 2.42 bits per heavy atom. The van der Waals surface area contributed by atoms with Crippen LogP contribution in [-0.4, -0.2) is 53.4 Å². The summed E-state index contributed by atoms with van der Waals surface area (Å²) in [5.41, 5.74) is 1.71. The lowest BCUT2D eigenvalue weighted by molar-refractivity contribution is -0.146. The summed E-state index contributed by atoms with van der Waals surface area (Å²) in [5.74, 6) is -0.906. The molecule has 0 saturated heterocycles. The molecule has 10 heteroatoms. The van der Waals surface area contributed by atoms with Crippen LogP contribution >= 0.6 is 15.9 Å². The maximum absolute atomic E-state index is 13.6. The first-order chi connectivity index (χ1) is 15.7. The van der Waals surface area contributed by atoms with Crippen molar-refractivity contribution in [1.82, 2.24) is 19.3 Å². The summed E-state index contributed by atoms with van der Waals surface area (Å²) in [5, 5.41) is 8.35. The molecule has 3 aromatic rings. The monoisotopic (exact) mass is 534 g/mol. The highest BCUT2D eigenvalue weighted by atomic mass is 79.9. The van der Waals surface area contributed by atoms with Gasteiger partial charge in [0.2, 0.25) is 10.0 Å². The molecular formula is C23H27BrN4O4S. The zero-order valence-electron chi connectivity index (χ0n) is 18.8. The highest BCUT2D eigenvalue weighted by Gasteiger charge is 2.39. The fourth-order valence-corrected chi connectivity index (χ4v) is 6.23. The Kier molecular flexibility index (Phi) is 8.39. The summed E-state index contributed by atoms with van der Waals surface area (Å²) in [6.07, 6.45) is 2.08. The Morgan fingerprint density at radius 2 is 1.79 bits per heavy atom. The fraction of sp³-hybridized carbons (Fsp3) is 0.348. The van der Waals surface area contributed by atoms with Crippen LogP contribution < -0.4 is 0 Å². The Bertz CT molecular complexity index is 1180. The van der Waals surface area contributed by atoms with Crippen molar-refractivity contribution in [3.8, 4) is 0 Å². The number of halogens is 1. The van der Waals surface area contributed by atoms with E-state index in [9.17, 15) is 13.2 Å². The number of rotatable bonds is 10. The number of aromatic nitrogens is 3. The van der Waals surface area contributed by atoms with Crippen molar-refractivity contribution in [2.75, 3.05) is 13.7 Å². The van der Waals surface area contributed by atoms with Crippen molar-refractivity contribution in [3.05, 3.63) is 76.5 Å². The Balaban J connectivity index is 1.88. The Hall–Kier alpha value is -2.56. The second-order valence-electron chi connectivity index (χ2n) is 7.90. The lowest BCUT2D eigenvalue weighted by Crippen LogP contribution is -2.49. The molecule has 1 atom stereocenters. The lowest BCUT2D eigenvalue weighted by Gasteiger charge is -2.31. The zero-order chi connectivity index (χ0) is 24.0. The second kappa shape index (κ2) is 11.0. The summed E-state index contributed by atoms with van der Waals surface area (Å²) in [6.45, 7) is 4.19. The van der Waals surface area contributed by atoms with Gasteiger partial charge in [-0.3, -0.25) is 4.79 Å². The van der Waals surface area contributed by atoms with Crippen LogP contribution in [0.25, 0.3) is 0 Å². The third kappa shape index (κ3) is 6.07. The van der Waals surface area contributed by atoms with E-state index in [0.717, 1.165) is 5.56 Å². The van der Waals surface area contributed by atoms with E-state index in [-0.39, 0.29) is 17.4 Å². The van der Waals surface area contributed by atoms with Gasteiger partial charge < -0.3 is 4.74 Å². The number of benzene rings is 2. The molecule has 0 bridgehead atoms. The van der Waals surface area contributed by atoms with Gasteiger partial charge in [0, 0.05) is 23.6 Å². The molecule has 176 valence electrons. The minimum absolute atomic E-state index is 0.0473. The molecule has 0 unspecified atom stereocenters. The van der Waals surface area contributed by atoms with E-state index in [4.69, 9.17) is 4.74 Å². The fourth-order valence-electron chi connectivity index (χ4n) is 3.56. The van der Waals surface area contributed by atoms with Crippen molar-refractivity contribution in [2.24, 2.45) is 5.92 Å². The highest BCUT2D eigenvalue weighted by molar-refractivity contribution is 9.10. The number of ether oxygens (including phenoxy) is 1. The van der Waals surface area contributed by atoms with E-state index in [1.54, 1.807) is 42.9 Å². The number of hydrogen-bond donors (Lipinski definition) is 0. The largest absolute Gasteiger partial charge is 0.468 e. The van der Waals surface area contributed by atoms with Crippen LogP contribution in [0, 0.1) is 5.92 Å². The van der Waals surface area contributed by atoms with Gasteiger partial charge >= 0.3 is 5.97 Å². The normalized spacial score (nSPS) is 12.8. The van der Waals surface area contributed by atoms with Gasteiger partial charge in [-0.15, -0.1) is 5.10 Å². The molecule has 0 saturated carbocycles. The molecule has 33 heavy (non-hydrogen) atoms. The van der Waals surface area contributed by atoms with E-state index in [2.05, 4.69) is 26.2 Å². The first-order valence-electron chi connectivity index (χ1n) is 10.5. The van der Waals surface area contributed by atoms with E-state index in [1.807, 2.05) is 30.3 Å². The predicted molar refractivity (Wildman–Crippen MR) is 128 cm³/mol. The van der Waals surface area contributed by atoms with E-state index >= 15 is 0 Å². The number of sulfonamides is 1. The van der Waals surface area contributed by atoms with Gasteiger partial charge in [-0.1, -0.05) is 61.5 Å². The first kappa shape index (κ1) is 25.1. The predicted octanol–water partition coefficient (Wildman–Crippen LogP) is 3.52. The topological polar surface area (TPSA) is 94.4 Å². The van der Waals surface area contributed by atoms with Gasteiger partial charge in [0.25, 0.3) is 0 Å². The highest BCUT2D eigenvalue weighted by Crippen LogP contribution is 2.28. The Morgan fingerprint density at radius 1 is 1.12 bits per heavy atom. The maximum Gasteiger partial charge on any atom is 0.324 e. The van der Waals surface area contributed by atoms with Crippen molar-refractivity contribution < 1.29 is 17.9 Å². The average Bonchev–Trinajstić information content (AvgIpc) is 3.23. The van der Waals surface area contributed by atoms with Gasteiger partial charge in [0.05, 0.1) is 24.2 Å². The first-order valence-corrected chi connectivity index (χ1v) is 12.7. The average molecular weight is 535 g/mol. The number of carbonyl (C=O) groups excluding carboxylic acids is 1. The molecule has 8 nitrogen and oxygen atoms in total. The smallest absolute Gasteiger partial charge is 0.324 e. The summed E-state index contributed by atoms with van der Waals surface area (Å²) >= 11 is 3.32. The third-order valence-electron chi connectivity index (χ3n) is 5.17. The van der Waals surface area contributed by atoms with Gasteiger partial charge in [-0.25, -0.2) is 13.1 Å². The minimum Gasteiger partial charge on any atom is -0.468 e. The van der Waals surface area contributed by atoms with Crippen LogP contribution in [0.3, 0.4) is 0 Å². The molecule has 0 aliphatic heterocycles. The Labute approximate surface area is 202 Å². The maximum atomic E-state index is 13.6. The molecule has 0 aliphatic carbocycles. The summed E-state index contributed by atoms with van der Waals surface area (Å²) in [7, 11) is -2.75. The van der Waals surface area contributed by atoms with Crippen molar-refractivity contribution in [2.45, 2.75) is 37.8 Å². The van der Waals surface area contributed by atoms with Crippen LogP contribution in [-0.2, 0) is 32.5 Å². The second-order valence-corrected chi connectivity index (χ2v) is 10.6. The summed E-state index contributed by atoms with van der Waals surface area (Å²) in [4.78, 5) is 12.7. The van der Waals surface area contributed by atoms with Gasteiger partial charge in [0.1, 0.15) is 6.04 Å². The molecule has 3 rings (SSSR count). The van der Waals surface area contributed by atoms with Crippen LogP contribution in [0.15, 0.2) is 70.2 Å². The van der Waals surface area contributed by atoms with Crippen LogP contribution in [0.1, 0.15) is 25.1 Å². The lowest BCUT2D eigenvalue weighted by atomic mass is 10.0. The number of carbonyl (C=O) groups is 1. The zero-order valence-corrected chi connectivity index (χ0v) is 21.2. The molecule has 0 N–H and O–H groups in total. The van der Waals surface area contributed by atoms with Gasteiger partial charge in [-0.2, -0.15) is 4.31 Å². The number of nitrogens with zero attached hydrogens (tertiary/aromatic N) is 4.